The third kappa shape index (κ3) is 2.57. The van der Waals surface area contributed by atoms with Crippen molar-refractivity contribution in [1.29, 1.82) is 5.26 Å². The highest BCUT2D eigenvalue weighted by Crippen LogP contribution is 2.72. The molecular formula is C24H33N3O2. The van der Waals surface area contributed by atoms with Crippen molar-refractivity contribution in [2.45, 2.75) is 65.7 Å². The molecule has 1 fully saturated rings. The van der Waals surface area contributed by atoms with Crippen LogP contribution in [0.15, 0.2) is 24.3 Å². The molecule has 1 saturated carbocycles. The quantitative estimate of drug-likeness (QED) is 0.648. The average Bonchev–Trinajstić information content (AvgIpc) is 2.73. The second kappa shape index (κ2) is 7.48. The number of hydrogen-bond acceptors (Lipinski definition) is 3. The predicted octanol–water partition coefficient (Wildman–Crippen LogP) is 4.27. The zero-order chi connectivity index (χ0) is 21.4. The topological polar surface area (TPSA) is 64.4 Å². The van der Waals surface area contributed by atoms with Crippen LogP contribution in [0.25, 0.3) is 0 Å². The number of hydrogen-bond donors (Lipinski definition) is 0. The third-order valence-corrected chi connectivity index (χ3v) is 7.25. The summed E-state index contributed by atoms with van der Waals surface area (Å²) in [7, 11) is 0. The van der Waals surface area contributed by atoms with E-state index < -0.39 is 16.2 Å². The first-order chi connectivity index (χ1) is 13.8. The van der Waals surface area contributed by atoms with Crippen LogP contribution in [0.2, 0.25) is 0 Å². The highest BCUT2D eigenvalue weighted by atomic mass is 16.2. The summed E-state index contributed by atoms with van der Waals surface area (Å²) < 4.78 is 0. The monoisotopic (exact) mass is 395 g/mol. The number of carbonyl (C=O) groups excluding carboxylic acids is 2. The Morgan fingerprint density at radius 1 is 1.14 bits per heavy atom. The first kappa shape index (κ1) is 21.4. The Labute approximate surface area is 174 Å². The van der Waals surface area contributed by atoms with Gasteiger partial charge in [-0.25, -0.2) is 0 Å². The van der Waals surface area contributed by atoms with Crippen molar-refractivity contribution in [1.82, 2.24) is 4.90 Å². The van der Waals surface area contributed by atoms with Gasteiger partial charge in [-0.05, 0) is 44.2 Å². The predicted molar refractivity (Wildman–Crippen MR) is 114 cm³/mol. The van der Waals surface area contributed by atoms with Gasteiger partial charge < -0.3 is 9.80 Å². The van der Waals surface area contributed by atoms with Crippen LogP contribution in [0.3, 0.4) is 0 Å². The minimum Gasteiger partial charge on any atom is -0.342 e. The van der Waals surface area contributed by atoms with E-state index in [1.54, 1.807) is 4.90 Å². The highest BCUT2D eigenvalue weighted by Gasteiger charge is 2.80. The molecule has 0 unspecified atom stereocenters. The van der Waals surface area contributed by atoms with Gasteiger partial charge in [0, 0.05) is 30.7 Å². The maximum Gasteiger partial charge on any atom is 0.243 e. The lowest BCUT2D eigenvalue weighted by Crippen LogP contribution is -2.78. The lowest BCUT2D eigenvalue weighted by atomic mass is 9.34. The SMILES string of the molecule is CCCN(CCC)C(=O)[C@@]12C[C@](C)(C#N)[C@]1(C)c1ccccc1N(CCC)C2=O. The van der Waals surface area contributed by atoms with E-state index in [2.05, 4.69) is 6.07 Å². The lowest BCUT2D eigenvalue weighted by Gasteiger charge is -2.68. The molecule has 0 radical (unpaired) electrons. The fraction of sp³-hybridized carbons (Fsp3) is 0.625. The van der Waals surface area contributed by atoms with E-state index in [1.165, 1.54) is 0 Å². The number of rotatable bonds is 7. The molecular weight excluding hydrogens is 362 g/mol. The smallest absolute Gasteiger partial charge is 0.243 e. The molecule has 156 valence electrons. The molecule has 5 nitrogen and oxygen atoms in total. The number of benzene rings is 1. The number of nitriles is 1. The first-order valence-electron chi connectivity index (χ1n) is 10.9. The molecule has 5 heteroatoms. The summed E-state index contributed by atoms with van der Waals surface area (Å²) in [5.74, 6) is -0.229. The molecule has 0 saturated heterocycles. The maximum absolute atomic E-state index is 14.0. The summed E-state index contributed by atoms with van der Waals surface area (Å²) in [6, 6.07) is 10.3. The molecule has 3 atom stereocenters. The van der Waals surface area contributed by atoms with Crippen LogP contribution in [0.1, 0.15) is 65.9 Å². The van der Waals surface area contributed by atoms with Crippen LogP contribution in [0.4, 0.5) is 5.69 Å². The van der Waals surface area contributed by atoms with E-state index in [1.807, 2.05) is 63.8 Å². The van der Waals surface area contributed by atoms with Crippen molar-refractivity contribution in [3.05, 3.63) is 29.8 Å². The fourth-order valence-electron chi connectivity index (χ4n) is 5.64. The minimum atomic E-state index is -1.20. The van der Waals surface area contributed by atoms with Crippen LogP contribution < -0.4 is 4.90 Å². The summed E-state index contributed by atoms with van der Waals surface area (Å²) in [6.45, 7) is 11.9. The van der Waals surface area contributed by atoms with Gasteiger partial charge >= 0.3 is 0 Å². The number of amides is 2. The molecule has 1 aliphatic heterocycles. The first-order valence-corrected chi connectivity index (χ1v) is 10.9. The van der Waals surface area contributed by atoms with Crippen molar-refractivity contribution >= 4 is 17.5 Å². The van der Waals surface area contributed by atoms with Crippen molar-refractivity contribution < 1.29 is 9.59 Å². The lowest BCUT2D eigenvalue weighted by molar-refractivity contribution is -0.182. The van der Waals surface area contributed by atoms with Gasteiger partial charge in [-0.2, -0.15) is 5.26 Å². The Balaban J connectivity index is 2.26. The molecule has 0 aromatic heterocycles. The zero-order valence-electron chi connectivity index (χ0n) is 18.4. The molecule has 1 heterocycles. The Hall–Kier alpha value is -2.35. The molecule has 0 bridgehead atoms. The molecule has 2 amide bonds. The number of fused-ring (bicyclic) bond motifs is 3. The second-order valence-electron chi connectivity index (χ2n) is 8.92. The molecule has 2 aliphatic rings. The molecule has 0 N–H and O–H groups in total. The Bertz CT molecular complexity index is 854. The van der Waals surface area contributed by atoms with Gasteiger partial charge in [0.2, 0.25) is 11.8 Å². The van der Waals surface area contributed by atoms with Crippen LogP contribution in [0, 0.1) is 22.2 Å². The zero-order valence-corrected chi connectivity index (χ0v) is 18.4. The maximum atomic E-state index is 14.0. The van der Waals surface area contributed by atoms with E-state index in [4.69, 9.17) is 0 Å². The van der Waals surface area contributed by atoms with Gasteiger partial charge in [0.15, 0.2) is 0 Å². The molecule has 29 heavy (non-hydrogen) atoms. The number of nitrogens with zero attached hydrogens (tertiary/aromatic N) is 3. The van der Waals surface area contributed by atoms with E-state index in [0.717, 1.165) is 30.5 Å². The standard InChI is InChI=1S/C24H33N3O2/c1-6-13-26(14-7-2)20(28)24-16-22(4,17-25)23(24,5)18-11-9-10-12-19(18)27(15-8-3)21(24)29/h9-12H,6-8,13-16H2,1-5H3/t22-,23+,24-/m1/s1. The minimum absolute atomic E-state index is 0.1000. The molecule has 1 aromatic carbocycles. The van der Waals surface area contributed by atoms with E-state index >= 15 is 0 Å². The molecule has 3 rings (SSSR count). The van der Waals surface area contributed by atoms with Crippen molar-refractivity contribution in [2.24, 2.45) is 10.8 Å². The number of carbonyl (C=O) groups is 2. The van der Waals surface area contributed by atoms with Crippen LogP contribution in [-0.4, -0.2) is 36.3 Å². The highest BCUT2D eigenvalue weighted by molar-refractivity contribution is 6.17. The summed E-state index contributed by atoms with van der Waals surface area (Å²) in [4.78, 5) is 31.6. The van der Waals surface area contributed by atoms with Crippen molar-refractivity contribution in [2.75, 3.05) is 24.5 Å². The van der Waals surface area contributed by atoms with E-state index in [9.17, 15) is 14.9 Å². The Morgan fingerprint density at radius 3 is 2.31 bits per heavy atom. The number of para-hydroxylation sites is 1. The summed E-state index contributed by atoms with van der Waals surface area (Å²) in [5.41, 5.74) is -1.01. The third-order valence-electron chi connectivity index (χ3n) is 7.25. The van der Waals surface area contributed by atoms with Crippen LogP contribution in [0.5, 0.6) is 0 Å². The van der Waals surface area contributed by atoms with Gasteiger partial charge in [-0.1, -0.05) is 45.9 Å². The van der Waals surface area contributed by atoms with Gasteiger partial charge in [-0.15, -0.1) is 0 Å². The van der Waals surface area contributed by atoms with Gasteiger partial charge in [-0.3, -0.25) is 9.59 Å². The fourth-order valence-corrected chi connectivity index (χ4v) is 5.64. The molecule has 1 aromatic rings. The summed E-state index contributed by atoms with van der Waals surface area (Å²) in [5, 5.41) is 10.1. The second-order valence-corrected chi connectivity index (χ2v) is 8.92. The normalized spacial score (nSPS) is 30.1. The summed E-state index contributed by atoms with van der Waals surface area (Å²) in [6.07, 6.45) is 2.78. The van der Waals surface area contributed by atoms with Crippen molar-refractivity contribution in [3.63, 3.8) is 0 Å². The Morgan fingerprint density at radius 2 is 1.76 bits per heavy atom. The Kier molecular flexibility index (Phi) is 5.51. The van der Waals surface area contributed by atoms with Crippen LogP contribution >= 0.6 is 0 Å². The average molecular weight is 396 g/mol. The number of anilines is 1. The van der Waals surface area contributed by atoms with Gasteiger partial charge in [0.25, 0.3) is 0 Å². The van der Waals surface area contributed by atoms with Gasteiger partial charge in [0.05, 0.1) is 11.5 Å². The summed E-state index contributed by atoms with van der Waals surface area (Å²) >= 11 is 0. The van der Waals surface area contributed by atoms with E-state index in [-0.39, 0.29) is 18.2 Å². The van der Waals surface area contributed by atoms with Gasteiger partial charge in [0.1, 0.15) is 5.41 Å². The molecule has 0 spiro atoms. The van der Waals surface area contributed by atoms with Crippen molar-refractivity contribution in [3.8, 4) is 6.07 Å². The molecule has 1 aliphatic carbocycles. The largest absolute Gasteiger partial charge is 0.342 e. The van der Waals surface area contributed by atoms with E-state index in [0.29, 0.717) is 19.6 Å². The van der Waals surface area contributed by atoms with Crippen LogP contribution in [-0.2, 0) is 15.0 Å².